The third-order valence-corrected chi connectivity index (χ3v) is 5.14. The van der Waals surface area contributed by atoms with Crippen molar-refractivity contribution in [2.24, 2.45) is 17.6 Å². The Morgan fingerprint density at radius 3 is 2.44 bits per heavy atom. The molecule has 0 spiro atoms. The van der Waals surface area contributed by atoms with Crippen molar-refractivity contribution in [3.63, 3.8) is 0 Å². The van der Waals surface area contributed by atoms with Crippen molar-refractivity contribution >= 4 is 0 Å². The Bertz CT molecular complexity index is 221. The molecule has 108 valence electrons. The molecule has 1 saturated heterocycles. The molecule has 0 amide bonds. The second-order valence-electron chi connectivity index (χ2n) is 6.45. The van der Waals surface area contributed by atoms with Crippen molar-refractivity contribution in [2.75, 3.05) is 19.6 Å². The number of nitrogens with two attached hydrogens (primary N) is 1. The van der Waals surface area contributed by atoms with Gasteiger partial charge in [0.15, 0.2) is 0 Å². The lowest BCUT2D eigenvalue weighted by molar-refractivity contribution is 0.0814. The number of nitrogens with zero attached hydrogens (tertiary/aromatic N) is 1. The van der Waals surface area contributed by atoms with E-state index < -0.39 is 0 Å². The highest BCUT2D eigenvalue weighted by Gasteiger charge is 2.34. The van der Waals surface area contributed by atoms with Gasteiger partial charge in [-0.2, -0.15) is 0 Å². The quantitative estimate of drug-likeness (QED) is 0.784. The first-order valence-electron chi connectivity index (χ1n) is 8.04. The van der Waals surface area contributed by atoms with E-state index in [0.29, 0.717) is 0 Å². The molecule has 1 heterocycles. The molecule has 0 aromatic carbocycles. The van der Waals surface area contributed by atoms with Crippen LogP contribution in [0.3, 0.4) is 0 Å². The third-order valence-electron chi connectivity index (χ3n) is 5.14. The van der Waals surface area contributed by atoms with E-state index in [2.05, 4.69) is 32.6 Å². The van der Waals surface area contributed by atoms with Gasteiger partial charge in [-0.15, -0.1) is 0 Å². The lowest BCUT2D eigenvalue weighted by Gasteiger charge is -2.43. The largest absolute Gasteiger partial charge is 0.329 e. The average molecular weight is 254 g/mol. The second kappa shape index (κ2) is 7.49. The first-order chi connectivity index (χ1) is 8.59. The first-order valence-corrected chi connectivity index (χ1v) is 8.04. The molecule has 2 nitrogen and oxygen atoms in total. The van der Waals surface area contributed by atoms with Gasteiger partial charge in [0.05, 0.1) is 0 Å². The Hall–Kier alpha value is -0.0800. The molecule has 2 unspecified atom stereocenters. The molecule has 0 saturated carbocycles. The van der Waals surface area contributed by atoms with Gasteiger partial charge in [0.1, 0.15) is 0 Å². The Balaban J connectivity index is 2.69. The molecule has 0 aromatic heterocycles. The summed E-state index contributed by atoms with van der Waals surface area (Å²) in [6.07, 6.45) is 7.83. The summed E-state index contributed by atoms with van der Waals surface area (Å²) in [5.41, 5.74) is 6.42. The molecular weight excluding hydrogens is 220 g/mol. The maximum absolute atomic E-state index is 6.14. The smallest absolute Gasteiger partial charge is 0.0329 e. The zero-order chi connectivity index (χ0) is 13.6. The van der Waals surface area contributed by atoms with Crippen molar-refractivity contribution < 1.29 is 0 Å². The van der Waals surface area contributed by atoms with Crippen molar-refractivity contribution in [1.82, 2.24) is 4.90 Å². The first kappa shape index (κ1) is 16.0. The topological polar surface area (TPSA) is 29.3 Å². The van der Waals surface area contributed by atoms with Crippen LogP contribution in [0.25, 0.3) is 0 Å². The van der Waals surface area contributed by atoms with Crippen LogP contribution in [0.1, 0.15) is 66.2 Å². The van der Waals surface area contributed by atoms with Crippen molar-refractivity contribution in [3.05, 3.63) is 0 Å². The monoisotopic (exact) mass is 254 g/mol. The molecular formula is C16H34N2. The summed E-state index contributed by atoms with van der Waals surface area (Å²) < 4.78 is 0. The van der Waals surface area contributed by atoms with E-state index in [1.165, 1.54) is 51.6 Å². The summed E-state index contributed by atoms with van der Waals surface area (Å²) in [6, 6.07) is 0. The van der Waals surface area contributed by atoms with E-state index >= 15 is 0 Å². The fourth-order valence-corrected chi connectivity index (χ4v) is 3.66. The Morgan fingerprint density at radius 1 is 1.22 bits per heavy atom. The second-order valence-corrected chi connectivity index (χ2v) is 6.45. The predicted octanol–water partition coefficient (Wildman–Crippen LogP) is 3.65. The molecule has 0 aromatic rings. The number of hydrogen-bond donors (Lipinski definition) is 1. The molecule has 0 radical (unpaired) electrons. The van der Waals surface area contributed by atoms with Gasteiger partial charge in [0.2, 0.25) is 0 Å². The highest BCUT2D eigenvalue weighted by molar-refractivity contribution is 4.91. The molecule has 2 heteroatoms. The summed E-state index contributed by atoms with van der Waals surface area (Å²) in [4.78, 5) is 2.72. The molecule has 2 atom stereocenters. The molecule has 2 N–H and O–H groups in total. The SMILES string of the molecule is CCCC(CC)(CN)N1CCCC(C(C)C)CC1. The minimum atomic E-state index is 0.278. The Kier molecular flexibility index (Phi) is 6.65. The van der Waals surface area contributed by atoms with E-state index in [4.69, 9.17) is 5.73 Å². The van der Waals surface area contributed by atoms with Crippen LogP contribution < -0.4 is 5.73 Å². The zero-order valence-corrected chi connectivity index (χ0v) is 13.0. The zero-order valence-electron chi connectivity index (χ0n) is 13.0. The van der Waals surface area contributed by atoms with Gasteiger partial charge in [-0.25, -0.2) is 0 Å². The van der Waals surface area contributed by atoms with Crippen molar-refractivity contribution in [3.8, 4) is 0 Å². The standard InChI is InChI=1S/C16H34N2/c1-5-10-16(6-2,13-17)18-11-7-8-15(9-12-18)14(3)4/h14-15H,5-13,17H2,1-4H3. The van der Waals surface area contributed by atoms with Gasteiger partial charge >= 0.3 is 0 Å². The van der Waals surface area contributed by atoms with Crippen LogP contribution in [0.4, 0.5) is 0 Å². The van der Waals surface area contributed by atoms with Gasteiger partial charge in [0, 0.05) is 12.1 Å². The minimum Gasteiger partial charge on any atom is -0.329 e. The van der Waals surface area contributed by atoms with Crippen LogP contribution in [0.2, 0.25) is 0 Å². The van der Waals surface area contributed by atoms with Crippen LogP contribution in [0.5, 0.6) is 0 Å². The van der Waals surface area contributed by atoms with E-state index in [1.54, 1.807) is 0 Å². The molecule has 1 rings (SSSR count). The number of rotatable bonds is 6. The summed E-state index contributed by atoms with van der Waals surface area (Å²) in [6.45, 7) is 12.7. The van der Waals surface area contributed by atoms with Crippen molar-refractivity contribution in [2.45, 2.75) is 71.8 Å². The lowest BCUT2D eigenvalue weighted by Crippen LogP contribution is -2.53. The average Bonchev–Trinajstić information content (AvgIpc) is 2.62. The third kappa shape index (κ3) is 3.71. The molecule has 1 fully saturated rings. The predicted molar refractivity (Wildman–Crippen MR) is 80.7 cm³/mol. The van der Waals surface area contributed by atoms with Gasteiger partial charge < -0.3 is 5.73 Å². The Labute approximate surface area is 114 Å². The van der Waals surface area contributed by atoms with Crippen LogP contribution >= 0.6 is 0 Å². The molecule has 0 aliphatic carbocycles. The van der Waals surface area contributed by atoms with E-state index in [9.17, 15) is 0 Å². The fraction of sp³-hybridized carbons (Fsp3) is 1.00. The summed E-state index contributed by atoms with van der Waals surface area (Å²) in [5, 5.41) is 0. The van der Waals surface area contributed by atoms with Gasteiger partial charge in [-0.1, -0.05) is 34.1 Å². The van der Waals surface area contributed by atoms with Crippen molar-refractivity contribution in [1.29, 1.82) is 0 Å². The maximum atomic E-state index is 6.14. The summed E-state index contributed by atoms with van der Waals surface area (Å²) in [7, 11) is 0. The summed E-state index contributed by atoms with van der Waals surface area (Å²) >= 11 is 0. The van der Waals surface area contributed by atoms with Crippen LogP contribution in [0, 0.1) is 11.8 Å². The van der Waals surface area contributed by atoms with Gasteiger partial charge in [-0.3, -0.25) is 4.90 Å². The molecule has 0 bridgehead atoms. The van der Waals surface area contributed by atoms with Gasteiger partial charge in [-0.05, 0) is 57.0 Å². The highest BCUT2D eigenvalue weighted by atomic mass is 15.2. The number of hydrogen-bond acceptors (Lipinski definition) is 2. The van der Waals surface area contributed by atoms with Gasteiger partial charge in [0.25, 0.3) is 0 Å². The molecule has 18 heavy (non-hydrogen) atoms. The molecule has 1 aliphatic heterocycles. The lowest BCUT2D eigenvalue weighted by atomic mass is 9.87. The van der Waals surface area contributed by atoms with E-state index in [1.807, 2.05) is 0 Å². The minimum absolute atomic E-state index is 0.278. The molecule has 1 aliphatic rings. The van der Waals surface area contributed by atoms with Crippen LogP contribution in [-0.2, 0) is 0 Å². The highest BCUT2D eigenvalue weighted by Crippen LogP contribution is 2.31. The van der Waals surface area contributed by atoms with E-state index in [0.717, 1.165) is 18.4 Å². The van der Waals surface area contributed by atoms with E-state index in [-0.39, 0.29) is 5.54 Å². The Morgan fingerprint density at radius 2 is 1.94 bits per heavy atom. The number of likely N-dealkylation sites (tertiary alicyclic amines) is 1. The maximum Gasteiger partial charge on any atom is 0.0329 e. The van der Waals surface area contributed by atoms with Crippen LogP contribution in [0.15, 0.2) is 0 Å². The van der Waals surface area contributed by atoms with Crippen LogP contribution in [-0.4, -0.2) is 30.1 Å². The summed E-state index contributed by atoms with van der Waals surface area (Å²) in [5.74, 6) is 1.76. The normalized spacial score (nSPS) is 26.0. The fourth-order valence-electron chi connectivity index (χ4n) is 3.66.